The Morgan fingerprint density at radius 2 is 1.56 bits per heavy atom. The summed E-state index contributed by atoms with van der Waals surface area (Å²) in [7, 11) is 0. The van der Waals surface area contributed by atoms with Crippen LogP contribution in [0, 0.1) is 11.8 Å². The third kappa shape index (κ3) is 5.66. The fourth-order valence-electron chi connectivity index (χ4n) is 2.70. The summed E-state index contributed by atoms with van der Waals surface area (Å²) in [5.41, 5.74) is 1.44. The lowest BCUT2D eigenvalue weighted by molar-refractivity contribution is 0.298. The van der Waals surface area contributed by atoms with Gasteiger partial charge in [0.25, 0.3) is 0 Å². The topological polar surface area (TPSA) is 12.9 Å². The van der Waals surface area contributed by atoms with Crippen LogP contribution in [0.2, 0.25) is 0 Å². The molecule has 0 aliphatic carbocycles. The highest BCUT2D eigenvalue weighted by atomic mass is 14.6. The Kier molecular flexibility index (Phi) is 7.71. The van der Waals surface area contributed by atoms with Crippen LogP contribution in [0.25, 0.3) is 0 Å². The molecule has 0 fully saturated rings. The van der Waals surface area contributed by atoms with E-state index in [0.717, 1.165) is 11.8 Å². The molecule has 1 heterocycles. The number of pyridine rings is 1. The average Bonchev–Trinajstić information content (AvgIpc) is 2.40. The zero-order valence-electron chi connectivity index (χ0n) is 12.4. The van der Waals surface area contributed by atoms with E-state index in [1.165, 1.54) is 50.5 Å². The second-order valence-corrected chi connectivity index (χ2v) is 5.58. The summed E-state index contributed by atoms with van der Waals surface area (Å²) in [5.74, 6) is 1.70. The molecule has 18 heavy (non-hydrogen) atoms. The first-order chi connectivity index (χ1) is 8.77. The van der Waals surface area contributed by atoms with E-state index in [9.17, 15) is 0 Å². The van der Waals surface area contributed by atoms with E-state index in [4.69, 9.17) is 0 Å². The van der Waals surface area contributed by atoms with Gasteiger partial charge in [-0.1, -0.05) is 59.3 Å². The first kappa shape index (κ1) is 15.2. The molecule has 0 N–H and O–H groups in total. The Morgan fingerprint density at radius 3 is 2.06 bits per heavy atom. The highest BCUT2D eigenvalue weighted by Gasteiger charge is 2.16. The molecule has 0 aliphatic rings. The van der Waals surface area contributed by atoms with Gasteiger partial charge in [-0.2, -0.15) is 0 Å². The molecule has 0 spiro atoms. The van der Waals surface area contributed by atoms with Crippen molar-refractivity contribution in [3.63, 3.8) is 0 Å². The van der Waals surface area contributed by atoms with Crippen molar-refractivity contribution in [1.29, 1.82) is 0 Å². The summed E-state index contributed by atoms with van der Waals surface area (Å²) in [6.07, 6.45) is 13.3. The molecule has 0 aliphatic heterocycles. The smallest absolute Gasteiger partial charge is 0.0270 e. The highest BCUT2D eigenvalue weighted by Crippen LogP contribution is 2.27. The SMILES string of the molecule is CCCCC(CCCC)C(C)Cc1ccncc1. The van der Waals surface area contributed by atoms with E-state index in [0.29, 0.717) is 0 Å². The first-order valence-corrected chi connectivity index (χ1v) is 7.66. The van der Waals surface area contributed by atoms with Crippen LogP contribution in [0.4, 0.5) is 0 Å². The van der Waals surface area contributed by atoms with Crippen molar-refractivity contribution >= 4 is 0 Å². The van der Waals surface area contributed by atoms with Crippen molar-refractivity contribution in [2.24, 2.45) is 11.8 Å². The van der Waals surface area contributed by atoms with Crippen LogP contribution in [-0.2, 0) is 6.42 Å². The van der Waals surface area contributed by atoms with Crippen LogP contribution < -0.4 is 0 Å². The molecular weight excluding hydrogens is 218 g/mol. The normalized spacial score (nSPS) is 12.9. The molecular formula is C17H29N. The van der Waals surface area contributed by atoms with Gasteiger partial charge in [0.1, 0.15) is 0 Å². The Balaban J connectivity index is 2.49. The van der Waals surface area contributed by atoms with E-state index in [-0.39, 0.29) is 0 Å². The Hall–Kier alpha value is -0.850. The van der Waals surface area contributed by atoms with E-state index in [1.54, 1.807) is 0 Å². The molecule has 0 aromatic carbocycles. The van der Waals surface area contributed by atoms with Crippen molar-refractivity contribution in [1.82, 2.24) is 4.98 Å². The second kappa shape index (κ2) is 9.13. The van der Waals surface area contributed by atoms with Crippen LogP contribution >= 0.6 is 0 Å². The van der Waals surface area contributed by atoms with Crippen LogP contribution in [0.1, 0.15) is 64.9 Å². The fraction of sp³-hybridized carbons (Fsp3) is 0.706. The fourth-order valence-corrected chi connectivity index (χ4v) is 2.70. The lowest BCUT2D eigenvalue weighted by atomic mass is 9.82. The molecule has 0 bridgehead atoms. The molecule has 1 atom stereocenters. The standard InChI is InChI=1S/C17H29N/c1-4-6-8-17(9-7-5-2)15(3)14-16-10-12-18-13-11-16/h10-13,15,17H,4-9,14H2,1-3H3. The van der Waals surface area contributed by atoms with E-state index in [1.807, 2.05) is 12.4 Å². The van der Waals surface area contributed by atoms with Crippen LogP contribution in [0.5, 0.6) is 0 Å². The minimum Gasteiger partial charge on any atom is -0.265 e. The van der Waals surface area contributed by atoms with E-state index < -0.39 is 0 Å². The monoisotopic (exact) mass is 247 g/mol. The van der Waals surface area contributed by atoms with Gasteiger partial charge < -0.3 is 0 Å². The minimum absolute atomic E-state index is 0.797. The number of rotatable bonds is 9. The molecule has 102 valence electrons. The quantitative estimate of drug-likeness (QED) is 0.580. The van der Waals surface area contributed by atoms with Crippen molar-refractivity contribution in [2.75, 3.05) is 0 Å². The minimum atomic E-state index is 0.797. The first-order valence-electron chi connectivity index (χ1n) is 7.66. The van der Waals surface area contributed by atoms with Crippen molar-refractivity contribution in [3.05, 3.63) is 30.1 Å². The maximum Gasteiger partial charge on any atom is 0.0270 e. The van der Waals surface area contributed by atoms with Crippen LogP contribution in [-0.4, -0.2) is 4.98 Å². The van der Waals surface area contributed by atoms with Gasteiger partial charge in [0.15, 0.2) is 0 Å². The molecule has 1 nitrogen and oxygen atoms in total. The lowest BCUT2D eigenvalue weighted by Gasteiger charge is -2.24. The molecule has 1 rings (SSSR count). The zero-order chi connectivity index (χ0) is 13.2. The van der Waals surface area contributed by atoms with Crippen molar-refractivity contribution in [2.45, 2.75) is 65.7 Å². The van der Waals surface area contributed by atoms with E-state index >= 15 is 0 Å². The van der Waals surface area contributed by atoms with Gasteiger partial charge in [-0.15, -0.1) is 0 Å². The highest BCUT2D eigenvalue weighted by molar-refractivity contribution is 5.10. The third-order valence-electron chi connectivity index (χ3n) is 3.97. The Bertz CT molecular complexity index is 286. The van der Waals surface area contributed by atoms with Gasteiger partial charge in [0, 0.05) is 12.4 Å². The maximum atomic E-state index is 4.10. The Labute approximate surface area is 113 Å². The van der Waals surface area contributed by atoms with Crippen LogP contribution in [0.15, 0.2) is 24.5 Å². The molecule has 0 saturated heterocycles. The van der Waals surface area contributed by atoms with Gasteiger partial charge in [0.05, 0.1) is 0 Å². The molecule has 0 radical (unpaired) electrons. The van der Waals surface area contributed by atoms with Gasteiger partial charge in [-0.25, -0.2) is 0 Å². The second-order valence-electron chi connectivity index (χ2n) is 5.58. The van der Waals surface area contributed by atoms with E-state index in [2.05, 4.69) is 37.9 Å². The summed E-state index contributed by atoms with van der Waals surface area (Å²) in [6.45, 7) is 7.02. The maximum absolute atomic E-state index is 4.10. The largest absolute Gasteiger partial charge is 0.265 e. The molecule has 0 saturated carbocycles. The summed E-state index contributed by atoms with van der Waals surface area (Å²) in [6, 6.07) is 4.32. The number of hydrogen-bond donors (Lipinski definition) is 0. The molecule has 1 aromatic rings. The van der Waals surface area contributed by atoms with Crippen molar-refractivity contribution < 1.29 is 0 Å². The summed E-state index contributed by atoms with van der Waals surface area (Å²) in [4.78, 5) is 4.10. The summed E-state index contributed by atoms with van der Waals surface area (Å²) >= 11 is 0. The van der Waals surface area contributed by atoms with Gasteiger partial charge >= 0.3 is 0 Å². The van der Waals surface area contributed by atoms with Gasteiger partial charge in [-0.3, -0.25) is 4.98 Å². The number of hydrogen-bond acceptors (Lipinski definition) is 1. The average molecular weight is 247 g/mol. The number of unbranched alkanes of at least 4 members (excludes halogenated alkanes) is 2. The third-order valence-corrected chi connectivity index (χ3v) is 3.97. The predicted octanol–water partition coefficient (Wildman–Crippen LogP) is 5.26. The molecule has 1 heteroatoms. The molecule has 1 unspecified atom stereocenters. The zero-order valence-corrected chi connectivity index (χ0v) is 12.4. The van der Waals surface area contributed by atoms with Gasteiger partial charge in [-0.05, 0) is 36.0 Å². The number of nitrogens with zero attached hydrogens (tertiary/aromatic N) is 1. The van der Waals surface area contributed by atoms with Crippen LogP contribution in [0.3, 0.4) is 0 Å². The summed E-state index contributed by atoms with van der Waals surface area (Å²) < 4.78 is 0. The van der Waals surface area contributed by atoms with Gasteiger partial charge in [0.2, 0.25) is 0 Å². The molecule has 1 aromatic heterocycles. The number of aromatic nitrogens is 1. The molecule has 0 amide bonds. The van der Waals surface area contributed by atoms with Crippen molar-refractivity contribution in [3.8, 4) is 0 Å². The lowest BCUT2D eigenvalue weighted by Crippen LogP contribution is -2.14. The Morgan fingerprint density at radius 1 is 1.00 bits per heavy atom. The summed E-state index contributed by atoms with van der Waals surface area (Å²) in [5, 5.41) is 0. The predicted molar refractivity (Wildman–Crippen MR) is 79.6 cm³/mol.